The van der Waals surface area contributed by atoms with Crippen molar-refractivity contribution in [3.63, 3.8) is 0 Å². The minimum atomic E-state index is -3.58. The molecule has 2 aromatic carbocycles. The summed E-state index contributed by atoms with van der Waals surface area (Å²) in [5.74, 6) is -0.0662. The van der Waals surface area contributed by atoms with Gasteiger partial charge in [0.2, 0.25) is 10.0 Å². The summed E-state index contributed by atoms with van der Waals surface area (Å²) in [6, 6.07) is 14.4. The second kappa shape index (κ2) is 9.35. The van der Waals surface area contributed by atoms with E-state index in [1.54, 1.807) is 12.1 Å². The van der Waals surface area contributed by atoms with Crippen LogP contribution in [0.1, 0.15) is 21.5 Å². The number of carbonyl (C=O) groups is 1. The van der Waals surface area contributed by atoms with Gasteiger partial charge in [0.1, 0.15) is 0 Å². The highest BCUT2D eigenvalue weighted by molar-refractivity contribution is 7.89. The molecule has 0 atom stereocenters. The molecular formula is C22H27N3O3S. The van der Waals surface area contributed by atoms with Gasteiger partial charge in [0, 0.05) is 44.8 Å². The second-order valence-corrected chi connectivity index (χ2v) is 8.93. The average Bonchev–Trinajstić information content (AvgIpc) is 2.74. The molecule has 0 unspecified atom stereocenters. The summed E-state index contributed by atoms with van der Waals surface area (Å²) >= 11 is 0. The summed E-state index contributed by atoms with van der Waals surface area (Å²) in [6.07, 6.45) is 1.48. The van der Waals surface area contributed by atoms with E-state index in [4.69, 9.17) is 0 Å². The Hall–Kier alpha value is -2.48. The van der Waals surface area contributed by atoms with E-state index in [-0.39, 0.29) is 17.3 Å². The van der Waals surface area contributed by atoms with Crippen LogP contribution in [-0.4, -0.2) is 56.8 Å². The molecule has 1 amide bonds. The molecule has 1 saturated heterocycles. The maximum atomic E-state index is 12.8. The summed E-state index contributed by atoms with van der Waals surface area (Å²) in [5, 5.41) is 0. The summed E-state index contributed by atoms with van der Waals surface area (Å²) in [5.41, 5.74) is 3.10. The van der Waals surface area contributed by atoms with Crippen molar-refractivity contribution in [2.45, 2.75) is 18.4 Å². The predicted molar refractivity (Wildman–Crippen MR) is 114 cm³/mol. The molecular weight excluding hydrogens is 386 g/mol. The van der Waals surface area contributed by atoms with Gasteiger partial charge in [-0.25, -0.2) is 13.1 Å². The van der Waals surface area contributed by atoms with E-state index in [1.165, 1.54) is 29.3 Å². The molecule has 0 radical (unpaired) electrons. The number of carbonyl (C=O) groups excluding carboxylic acids is 1. The van der Waals surface area contributed by atoms with Gasteiger partial charge in [0.05, 0.1) is 4.90 Å². The lowest BCUT2D eigenvalue weighted by molar-refractivity contribution is 0.0628. The first kappa shape index (κ1) is 21.2. The number of sulfonamides is 1. The van der Waals surface area contributed by atoms with E-state index in [2.05, 4.69) is 41.3 Å². The van der Waals surface area contributed by atoms with Crippen molar-refractivity contribution >= 4 is 15.9 Å². The lowest BCUT2D eigenvalue weighted by Crippen LogP contribution is -2.48. The maximum absolute atomic E-state index is 12.8. The Labute approximate surface area is 172 Å². The van der Waals surface area contributed by atoms with Gasteiger partial charge in [-0.1, -0.05) is 30.3 Å². The molecule has 0 spiro atoms. The fraction of sp³-hybridized carbons (Fsp3) is 0.318. The van der Waals surface area contributed by atoms with Crippen LogP contribution in [0.5, 0.6) is 0 Å². The first-order valence-corrected chi connectivity index (χ1v) is 11.2. The number of piperazine rings is 1. The van der Waals surface area contributed by atoms with Crippen molar-refractivity contribution in [2.24, 2.45) is 0 Å². The third-order valence-corrected chi connectivity index (χ3v) is 6.58. The highest BCUT2D eigenvalue weighted by atomic mass is 32.2. The summed E-state index contributed by atoms with van der Waals surface area (Å²) in [7, 11) is -3.58. The molecule has 3 rings (SSSR count). The smallest absolute Gasteiger partial charge is 0.253 e. The van der Waals surface area contributed by atoms with E-state index >= 15 is 0 Å². The van der Waals surface area contributed by atoms with Crippen LogP contribution in [0, 0.1) is 6.92 Å². The van der Waals surface area contributed by atoms with Gasteiger partial charge in [-0.2, -0.15) is 0 Å². The van der Waals surface area contributed by atoms with Gasteiger partial charge >= 0.3 is 0 Å². The fourth-order valence-corrected chi connectivity index (χ4v) is 4.35. The Morgan fingerprint density at radius 1 is 1.07 bits per heavy atom. The number of amides is 1. The molecule has 1 aliphatic heterocycles. The SMILES string of the molecule is C=CCNS(=O)(=O)c1ccc(C(=O)N2CCN(Cc3ccccc3C)CC2)cc1. The molecule has 0 bridgehead atoms. The largest absolute Gasteiger partial charge is 0.336 e. The summed E-state index contributed by atoms with van der Waals surface area (Å²) in [4.78, 5) is 17.1. The van der Waals surface area contributed by atoms with E-state index in [0.717, 1.165) is 19.6 Å². The maximum Gasteiger partial charge on any atom is 0.253 e. The highest BCUT2D eigenvalue weighted by Gasteiger charge is 2.23. The number of rotatable bonds is 7. The van der Waals surface area contributed by atoms with Crippen LogP contribution in [0.15, 0.2) is 66.1 Å². The molecule has 1 fully saturated rings. The molecule has 1 heterocycles. The zero-order valence-corrected chi connectivity index (χ0v) is 17.5. The van der Waals surface area contributed by atoms with Crippen LogP contribution < -0.4 is 4.72 Å². The Morgan fingerprint density at radius 2 is 1.72 bits per heavy atom. The van der Waals surface area contributed by atoms with Gasteiger partial charge < -0.3 is 4.90 Å². The number of benzene rings is 2. The Morgan fingerprint density at radius 3 is 2.34 bits per heavy atom. The van der Waals surface area contributed by atoms with Gasteiger partial charge in [-0.15, -0.1) is 6.58 Å². The molecule has 154 valence electrons. The minimum absolute atomic E-state index is 0.0662. The van der Waals surface area contributed by atoms with Crippen molar-refractivity contribution in [1.29, 1.82) is 0 Å². The number of nitrogens with zero attached hydrogens (tertiary/aromatic N) is 2. The molecule has 29 heavy (non-hydrogen) atoms. The highest BCUT2D eigenvalue weighted by Crippen LogP contribution is 2.16. The number of aryl methyl sites for hydroxylation is 1. The third-order valence-electron chi connectivity index (χ3n) is 5.14. The molecule has 0 saturated carbocycles. The van der Waals surface area contributed by atoms with Gasteiger partial charge in [0.15, 0.2) is 0 Å². The van der Waals surface area contributed by atoms with Crippen LogP contribution in [0.2, 0.25) is 0 Å². The van der Waals surface area contributed by atoms with Crippen LogP contribution in [0.3, 0.4) is 0 Å². The second-order valence-electron chi connectivity index (χ2n) is 7.16. The summed E-state index contributed by atoms with van der Waals surface area (Å²) < 4.78 is 26.7. The molecule has 7 heteroatoms. The zero-order valence-electron chi connectivity index (χ0n) is 16.7. The van der Waals surface area contributed by atoms with E-state index in [9.17, 15) is 13.2 Å². The number of hydrogen-bond donors (Lipinski definition) is 1. The average molecular weight is 414 g/mol. The van der Waals surface area contributed by atoms with Gasteiger partial charge in [0.25, 0.3) is 5.91 Å². The van der Waals surface area contributed by atoms with Crippen molar-refractivity contribution < 1.29 is 13.2 Å². The first-order valence-electron chi connectivity index (χ1n) is 9.67. The van der Waals surface area contributed by atoms with Crippen molar-refractivity contribution in [3.8, 4) is 0 Å². The minimum Gasteiger partial charge on any atom is -0.336 e. The molecule has 1 N–H and O–H groups in total. The monoisotopic (exact) mass is 413 g/mol. The van der Waals surface area contributed by atoms with E-state index in [0.29, 0.717) is 18.7 Å². The molecule has 6 nitrogen and oxygen atoms in total. The molecule has 2 aromatic rings. The zero-order chi connectivity index (χ0) is 20.9. The topological polar surface area (TPSA) is 69.7 Å². The normalized spacial score (nSPS) is 15.3. The third kappa shape index (κ3) is 5.32. The standard InChI is InChI=1S/C22H27N3O3S/c1-3-12-23-29(27,28)21-10-8-19(9-11-21)22(26)25-15-13-24(14-16-25)17-20-7-5-4-6-18(20)2/h3-11,23H,1,12-17H2,2H3. The number of hydrogen-bond acceptors (Lipinski definition) is 4. The first-order chi connectivity index (χ1) is 13.9. The lowest BCUT2D eigenvalue weighted by Gasteiger charge is -2.35. The van der Waals surface area contributed by atoms with Crippen molar-refractivity contribution in [2.75, 3.05) is 32.7 Å². The van der Waals surface area contributed by atoms with E-state index in [1.807, 2.05) is 11.0 Å². The van der Waals surface area contributed by atoms with E-state index < -0.39 is 10.0 Å². The number of nitrogens with one attached hydrogen (secondary N) is 1. The van der Waals surface area contributed by atoms with Crippen LogP contribution >= 0.6 is 0 Å². The van der Waals surface area contributed by atoms with Crippen LogP contribution in [0.25, 0.3) is 0 Å². The van der Waals surface area contributed by atoms with Crippen molar-refractivity contribution in [1.82, 2.24) is 14.5 Å². The summed E-state index contributed by atoms with van der Waals surface area (Å²) in [6.45, 7) is 9.62. The fourth-order valence-electron chi connectivity index (χ4n) is 3.35. The van der Waals surface area contributed by atoms with Gasteiger partial charge in [-0.3, -0.25) is 9.69 Å². The molecule has 0 aromatic heterocycles. The Balaban J connectivity index is 1.58. The van der Waals surface area contributed by atoms with Crippen LogP contribution in [-0.2, 0) is 16.6 Å². The van der Waals surface area contributed by atoms with Gasteiger partial charge in [-0.05, 0) is 42.3 Å². The predicted octanol–water partition coefficient (Wildman–Crippen LogP) is 2.42. The molecule has 0 aliphatic carbocycles. The van der Waals surface area contributed by atoms with Crippen LogP contribution in [0.4, 0.5) is 0 Å². The lowest BCUT2D eigenvalue weighted by atomic mass is 10.1. The van der Waals surface area contributed by atoms with Crippen molar-refractivity contribution in [3.05, 3.63) is 77.9 Å². The Kier molecular flexibility index (Phi) is 6.84. The Bertz CT molecular complexity index is 963. The molecule has 1 aliphatic rings. The quantitative estimate of drug-likeness (QED) is 0.708.